The molecule has 1 aliphatic heterocycles. The summed E-state index contributed by atoms with van der Waals surface area (Å²) in [5.41, 5.74) is 0.777. The molecule has 6 heteroatoms. The Labute approximate surface area is 130 Å². The number of halogens is 1. The molecule has 1 aromatic carbocycles. The van der Waals surface area contributed by atoms with Crippen molar-refractivity contribution >= 4 is 29.1 Å². The van der Waals surface area contributed by atoms with Gasteiger partial charge in [0.15, 0.2) is 0 Å². The number of benzene rings is 1. The second-order valence-corrected chi connectivity index (χ2v) is 6.03. The molecule has 21 heavy (non-hydrogen) atoms. The number of carbonyl (C=O) groups is 2. The Kier molecular flexibility index (Phi) is 4.85. The summed E-state index contributed by atoms with van der Waals surface area (Å²) in [6.45, 7) is 2.87. The van der Waals surface area contributed by atoms with Crippen molar-refractivity contribution < 1.29 is 9.59 Å². The first-order valence-electron chi connectivity index (χ1n) is 6.88. The van der Waals surface area contributed by atoms with Crippen LogP contribution >= 0.6 is 11.6 Å². The molecule has 0 saturated carbocycles. The standard InChI is InChI=1S/C15H20ClN3O2/c1-11-8-19(13-6-4-5-12(16)7-13)15(21)10-18(11)14(20)9-17(2)3/h4-7,11H,8-10H2,1-3H3/t11-/m0/s1. The number of anilines is 1. The van der Waals surface area contributed by atoms with Crippen LogP contribution < -0.4 is 4.90 Å². The second kappa shape index (κ2) is 6.45. The van der Waals surface area contributed by atoms with E-state index in [0.29, 0.717) is 18.1 Å². The number of hydrogen-bond donors (Lipinski definition) is 0. The number of carbonyl (C=O) groups excluding carboxylic acids is 2. The fraction of sp³-hybridized carbons (Fsp3) is 0.467. The van der Waals surface area contributed by atoms with Crippen molar-refractivity contribution in [3.05, 3.63) is 29.3 Å². The zero-order chi connectivity index (χ0) is 15.6. The van der Waals surface area contributed by atoms with E-state index in [1.54, 1.807) is 21.9 Å². The van der Waals surface area contributed by atoms with Gasteiger partial charge in [0.2, 0.25) is 11.8 Å². The highest BCUT2D eigenvalue weighted by atomic mass is 35.5. The Bertz CT molecular complexity index is 547. The molecule has 0 N–H and O–H groups in total. The Morgan fingerprint density at radius 3 is 2.76 bits per heavy atom. The molecule has 2 amide bonds. The molecule has 0 radical (unpaired) electrons. The number of rotatable bonds is 3. The number of likely N-dealkylation sites (N-methyl/N-ethyl adjacent to an activating group) is 1. The maximum Gasteiger partial charge on any atom is 0.246 e. The quantitative estimate of drug-likeness (QED) is 0.849. The zero-order valence-electron chi connectivity index (χ0n) is 12.5. The molecule has 1 aromatic rings. The van der Waals surface area contributed by atoms with Gasteiger partial charge in [-0.3, -0.25) is 9.59 Å². The van der Waals surface area contributed by atoms with Crippen molar-refractivity contribution in [2.24, 2.45) is 0 Å². The molecule has 1 saturated heterocycles. The number of amides is 2. The topological polar surface area (TPSA) is 43.9 Å². The van der Waals surface area contributed by atoms with Gasteiger partial charge in [-0.1, -0.05) is 17.7 Å². The molecule has 0 bridgehead atoms. The third-order valence-corrected chi connectivity index (χ3v) is 3.71. The number of hydrogen-bond acceptors (Lipinski definition) is 3. The van der Waals surface area contributed by atoms with Gasteiger partial charge in [0.05, 0.1) is 6.54 Å². The van der Waals surface area contributed by atoms with Crippen LogP contribution in [-0.4, -0.2) is 61.4 Å². The summed E-state index contributed by atoms with van der Waals surface area (Å²) in [7, 11) is 3.68. The van der Waals surface area contributed by atoms with Crippen molar-refractivity contribution in [3.63, 3.8) is 0 Å². The zero-order valence-corrected chi connectivity index (χ0v) is 13.3. The average Bonchev–Trinajstić information content (AvgIpc) is 2.40. The van der Waals surface area contributed by atoms with Gasteiger partial charge in [0.1, 0.15) is 6.54 Å². The van der Waals surface area contributed by atoms with Crippen LogP contribution in [0.1, 0.15) is 6.92 Å². The van der Waals surface area contributed by atoms with E-state index >= 15 is 0 Å². The molecule has 1 atom stereocenters. The van der Waals surface area contributed by atoms with Gasteiger partial charge in [0.25, 0.3) is 0 Å². The normalized spacial score (nSPS) is 19.3. The molecule has 114 valence electrons. The lowest BCUT2D eigenvalue weighted by molar-refractivity contribution is -0.139. The third-order valence-electron chi connectivity index (χ3n) is 3.48. The van der Waals surface area contributed by atoms with Crippen molar-refractivity contribution in [3.8, 4) is 0 Å². The molecule has 0 aromatic heterocycles. The van der Waals surface area contributed by atoms with E-state index < -0.39 is 0 Å². The Morgan fingerprint density at radius 1 is 1.43 bits per heavy atom. The summed E-state index contributed by atoms with van der Waals surface area (Å²) < 4.78 is 0. The Hall–Kier alpha value is -1.59. The minimum atomic E-state index is -0.0810. The van der Waals surface area contributed by atoms with Crippen LogP contribution in [0.3, 0.4) is 0 Å². The molecule has 5 nitrogen and oxygen atoms in total. The van der Waals surface area contributed by atoms with Gasteiger partial charge >= 0.3 is 0 Å². The first kappa shape index (κ1) is 15.8. The van der Waals surface area contributed by atoms with Crippen molar-refractivity contribution in [2.45, 2.75) is 13.0 Å². The van der Waals surface area contributed by atoms with Crippen LogP contribution in [0, 0.1) is 0 Å². The fourth-order valence-electron chi connectivity index (χ4n) is 2.44. The molecule has 0 unspecified atom stereocenters. The van der Waals surface area contributed by atoms with Crippen LogP contribution in [-0.2, 0) is 9.59 Å². The van der Waals surface area contributed by atoms with Crippen molar-refractivity contribution in [1.82, 2.24) is 9.80 Å². The van der Waals surface area contributed by atoms with Crippen molar-refractivity contribution in [1.29, 1.82) is 0 Å². The maximum absolute atomic E-state index is 12.3. The highest BCUT2D eigenvalue weighted by molar-refractivity contribution is 6.30. The molecule has 0 aliphatic carbocycles. The van der Waals surface area contributed by atoms with E-state index in [9.17, 15) is 9.59 Å². The summed E-state index contributed by atoms with van der Waals surface area (Å²) in [5.74, 6) is -0.103. The summed E-state index contributed by atoms with van der Waals surface area (Å²) in [5, 5.41) is 0.596. The van der Waals surface area contributed by atoms with Crippen molar-refractivity contribution in [2.75, 3.05) is 38.6 Å². The van der Waals surface area contributed by atoms with E-state index in [0.717, 1.165) is 5.69 Å². The predicted octanol–water partition coefficient (Wildman–Crippen LogP) is 1.47. The van der Waals surface area contributed by atoms with Crippen LogP contribution in [0.2, 0.25) is 5.02 Å². The molecule has 1 heterocycles. The lowest BCUT2D eigenvalue weighted by Gasteiger charge is -2.39. The van der Waals surface area contributed by atoms with Crippen LogP contribution in [0.5, 0.6) is 0 Å². The lowest BCUT2D eigenvalue weighted by atomic mass is 10.1. The molecule has 2 rings (SSSR count). The first-order chi connectivity index (χ1) is 9.88. The SMILES string of the molecule is C[C@H]1CN(c2cccc(Cl)c2)C(=O)CN1C(=O)CN(C)C. The Morgan fingerprint density at radius 2 is 2.14 bits per heavy atom. The maximum atomic E-state index is 12.3. The highest BCUT2D eigenvalue weighted by Crippen LogP contribution is 2.23. The summed E-state index contributed by atoms with van der Waals surface area (Å²) in [6.07, 6.45) is 0. The number of piperazine rings is 1. The van der Waals surface area contributed by atoms with E-state index in [1.165, 1.54) is 0 Å². The van der Waals surface area contributed by atoms with E-state index in [4.69, 9.17) is 11.6 Å². The molecular weight excluding hydrogens is 290 g/mol. The van der Waals surface area contributed by atoms with E-state index in [1.807, 2.05) is 38.1 Å². The summed E-state index contributed by atoms with van der Waals surface area (Å²) >= 11 is 5.98. The Balaban J connectivity index is 2.12. The van der Waals surface area contributed by atoms with Crippen LogP contribution in [0.25, 0.3) is 0 Å². The summed E-state index contributed by atoms with van der Waals surface area (Å²) in [6, 6.07) is 7.20. The molecule has 0 spiro atoms. The average molecular weight is 310 g/mol. The van der Waals surface area contributed by atoms with Gasteiger partial charge in [-0.15, -0.1) is 0 Å². The third kappa shape index (κ3) is 3.74. The van der Waals surface area contributed by atoms with Gasteiger partial charge in [-0.2, -0.15) is 0 Å². The minimum absolute atomic E-state index is 0.0193. The first-order valence-corrected chi connectivity index (χ1v) is 7.26. The highest BCUT2D eigenvalue weighted by Gasteiger charge is 2.33. The minimum Gasteiger partial charge on any atom is -0.328 e. The van der Waals surface area contributed by atoms with Gasteiger partial charge in [-0.05, 0) is 39.2 Å². The molecular formula is C15H20ClN3O2. The monoisotopic (exact) mass is 309 g/mol. The molecule has 1 fully saturated rings. The summed E-state index contributed by atoms with van der Waals surface area (Å²) in [4.78, 5) is 29.6. The van der Waals surface area contributed by atoms with E-state index in [-0.39, 0.29) is 24.4 Å². The van der Waals surface area contributed by atoms with Gasteiger partial charge < -0.3 is 14.7 Å². The second-order valence-electron chi connectivity index (χ2n) is 5.59. The largest absolute Gasteiger partial charge is 0.328 e. The van der Waals surface area contributed by atoms with Crippen LogP contribution in [0.4, 0.5) is 5.69 Å². The van der Waals surface area contributed by atoms with Crippen LogP contribution in [0.15, 0.2) is 24.3 Å². The molecule has 1 aliphatic rings. The lowest BCUT2D eigenvalue weighted by Crippen LogP contribution is -2.58. The number of nitrogens with zero attached hydrogens (tertiary/aromatic N) is 3. The van der Waals surface area contributed by atoms with Gasteiger partial charge in [0, 0.05) is 23.3 Å². The smallest absolute Gasteiger partial charge is 0.246 e. The fourth-order valence-corrected chi connectivity index (χ4v) is 2.62. The van der Waals surface area contributed by atoms with Gasteiger partial charge in [-0.25, -0.2) is 0 Å². The van der Waals surface area contributed by atoms with E-state index in [2.05, 4.69) is 0 Å². The predicted molar refractivity (Wildman–Crippen MR) is 83.5 cm³/mol.